The maximum atomic E-state index is 12.5. The normalized spacial score (nSPS) is 13.0. The molecule has 0 aliphatic heterocycles. The second kappa shape index (κ2) is 7.98. The summed E-state index contributed by atoms with van der Waals surface area (Å²) in [4.78, 5) is 34.9. The molecular weight excluding hydrogens is 352 g/mol. The van der Waals surface area contributed by atoms with Crippen LogP contribution in [0.25, 0.3) is 0 Å². The van der Waals surface area contributed by atoms with E-state index in [1.807, 2.05) is 0 Å². The van der Waals surface area contributed by atoms with E-state index in [4.69, 9.17) is 0 Å². The van der Waals surface area contributed by atoms with Crippen LogP contribution in [-0.2, 0) is 21.7 Å². The first kappa shape index (κ1) is 20.1. The molecule has 0 radical (unpaired) electrons. The van der Waals surface area contributed by atoms with Gasteiger partial charge in [-0.3, -0.25) is 19.6 Å². The Morgan fingerprint density at radius 2 is 1.93 bits per heavy atom. The molecule has 1 amide bonds. The second-order valence-electron chi connectivity index (χ2n) is 6.23. The minimum atomic E-state index is -1.53. The van der Waals surface area contributed by atoms with Gasteiger partial charge in [-0.15, -0.1) is 0 Å². The van der Waals surface area contributed by atoms with Gasteiger partial charge in [-0.2, -0.15) is 5.10 Å². The SMILES string of the molecule is CCC(NC(=O)CCn1nc(C)c([N+](=O)[O-])c1C)(C(=O)O)c1ccccc1. The summed E-state index contributed by atoms with van der Waals surface area (Å²) in [7, 11) is 0. The van der Waals surface area contributed by atoms with E-state index in [0.29, 0.717) is 11.3 Å². The Labute approximate surface area is 156 Å². The van der Waals surface area contributed by atoms with Crippen LogP contribution in [0.3, 0.4) is 0 Å². The molecule has 2 aromatic rings. The molecule has 9 nitrogen and oxygen atoms in total. The van der Waals surface area contributed by atoms with Crippen LogP contribution in [0, 0.1) is 24.0 Å². The highest BCUT2D eigenvalue weighted by molar-refractivity contribution is 5.88. The van der Waals surface area contributed by atoms with E-state index in [9.17, 15) is 24.8 Å². The number of nitrogens with zero attached hydrogens (tertiary/aromatic N) is 3. The number of nitrogens with one attached hydrogen (secondary N) is 1. The van der Waals surface area contributed by atoms with Crippen molar-refractivity contribution in [2.24, 2.45) is 0 Å². The third-order valence-corrected chi connectivity index (χ3v) is 4.59. The Bertz CT molecular complexity index is 862. The molecule has 0 saturated carbocycles. The number of aromatic nitrogens is 2. The third kappa shape index (κ3) is 3.97. The molecule has 0 fully saturated rings. The van der Waals surface area contributed by atoms with Gasteiger partial charge in [-0.25, -0.2) is 4.79 Å². The van der Waals surface area contributed by atoms with Crippen LogP contribution in [0.1, 0.15) is 36.7 Å². The molecule has 0 saturated heterocycles. The summed E-state index contributed by atoms with van der Waals surface area (Å²) in [6.07, 6.45) is 0.116. The molecule has 0 spiro atoms. The lowest BCUT2D eigenvalue weighted by molar-refractivity contribution is -0.386. The van der Waals surface area contributed by atoms with Crippen molar-refractivity contribution in [3.63, 3.8) is 0 Å². The van der Waals surface area contributed by atoms with Gasteiger partial charge in [0, 0.05) is 6.42 Å². The minimum absolute atomic E-state index is 0.0546. The number of carbonyl (C=O) groups excluding carboxylic acids is 1. The number of nitro groups is 1. The topological polar surface area (TPSA) is 127 Å². The highest BCUT2D eigenvalue weighted by Crippen LogP contribution is 2.26. The molecular formula is C18H22N4O5. The number of aryl methyl sites for hydroxylation is 2. The first-order valence-electron chi connectivity index (χ1n) is 8.51. The number of rotatable bonds is 8. The molecule has 27 heavy (non-hydrogen) atoms. The Hall–Kier alpha value is -3.23. The van der Waals surface area contributed by atoms with Gasteiger partial charge in [-0.1, -0.05) is 37.3 Å². The van der Waals surface area contributed by atoms with Gasteiger partial charge in [0.2, 0.25) is 5.91 Å². The Morgan fingerprint density at radius 1 is 1.30 bits per heavy atom. The van der Waals surface area contributed by atoms with Crippen LogP contribution in [-0.4, -0.2) is 31.7 Å². The number of carboxylic acids is 1. The van der Waals surface area contributed by atoms with Crippen molar-refractivity contribution in [2.75, 3.05) is 0 Å². The Balaban J connectivity index is 2.17. The first-order chi connectivity index (χ1) is 12.7. The fourth-order valence-corrected chi connectivity index (χ4v) is 3.09. The lowest BCUT2D eigenvalue weighted by atomic mass is 9.87. The number of carboxylic acid groups (broad SMARTS) is 1. The molecule has 1 atom stereocenters. The van der Waals surface area contributed by atoms with Crippen LogP contribution in [0.5, 0.6) is 0 Å². The van der Waals surface area contributed by atoms with E-state index in [-0.39, 0.29) is 30.8 Å². The number of benzene rings is 1. The smallest absolute Gasteiger partial charge is 0.334 e. The van der Waals surface area contributed by atoms with E-state index in [0.717, 1.165) is 0 Å². The van der Waals surface area contributed by atoms with Crippen molar-refractivity contribution in [1.82, 2.24) is 15.1 Å². The molecule has 1 unspecified atom stereocenters. The summed E-state index contributed by atoms with van der Waals surface area (Å²) in [5.74, 6) is -1.62. The van der Waals surface area contributed by atoms with Gasteiger partial charge in [0.15, 0.2) is 5.54 Å². The summed E-state index contributed by atoms with van der Waals surface area (Å²) in [6, 6.07) is 8.50. The van der Waals surface area contributed by atoms with E-state index >= 15 is 0 Å². The molecule has 1 aromatic carbocycles. The number of hydrogen-bond donors (Lipinski definition) is 2. The minimum Gasteiger partial charge on any atom is -0.479 e. The summed E-state index contributed by atoms with van der Waals surface area (Å²) < 4.78 is 1.39. The van der Waals surface area contributed by atoms with Crippen molar-refractivity contribution in [1.29, 1.82) is 0 Å². The van der Waals surface area contributed by atoms with Crippen LogP contribution in [0.2, 0.25) is 0 Å². The zero-order chi connectivity index (χ0) is 20.2. The molecule has 1 heterocycles. The average Bonchev–Trinajstić information content (AvgIpc) is 2.92. The standard InChI is InChI=1S/C18H22N4O5/c1-4-18(17(24)25,14-8-6-5-7-9-14)19-15(23)10-11-21-13(3)16(22(26)27)12(2)20-21/h5-9H,4,10-11H2,1-3H3,(H,19,23)(H,24,25). The highest BCUT2D eigenvalue weighted by Gasteiger charge is 2.40. The predicted octanol–water partition coefficient (Wildman–Crippen LogP) is 2.30. The zero-order valence-electron chi connectivity index (χ0n) is 15.4. The molecule has 144 valence electrons. The van der Waals surface area contributed by atoms with Gasteiger partial charge >= 0.3 is 11.7 Å². The maximum absolute atomic E-state index is 12.5. The number of carbonyl (C=O) groups is 2. The molecule has 2 N–H and O–H groups in total. The fraction of sp³-hybridized carbons (Fsp3) is 0.389. The van der Waals surface area contributed by atoms with Crippen molar-refractivity contribution in [3.05, 3.63) is 57.4 Å². The second-order valence-corrected chi connectivity index (χ2v) is 6.23. The number of amides is 1. The van der Waals surface area contributed by atoms with E-state index < -0.39 is 22.3 Å². The molecule has 0 aliphatic carbocycles. The largest absolute Gasteiger partial charge is 0.479 e. The molecule has 1 aromatic heterocycles. The average molecular weight is 374 g/mol. The summed E-state index contributed by atoms with van der Waals surface area (Å²) in [5.41, 5.74) is -0.494. The van der Waals surface area contributed by atoms with Gasteiger partial charge < -0.3 is 10.4 Å². The lowest BCUT2D eigenvalue weighted by Gasteiger charge is -2.30. The summed E-state index contributed by atoms with van der Waals surface area (Å²) >= 11 is 0. The van der Waals surface area contributed by atoms with Gasteiger partial charge in [-0.05, 0) is 25.8 Å². The number of hydrogen-bond acceptors (Lipinski definition) is 5. The van der Waals surface area contributed by atoms with Crippen molar-refractivity contribution < 1.29 is 19.6 Å². The maximum Gasteiger partial charge on any atom is 0.334 e. The van der Waals surface area contributed by atoms with Crippen LogP contribution < -0.4 is 5.32 Å². The Kier molecular flexibility index (Phi) is 5.94. The van der Waals surface area contributed by atoms with Crippen molar-refractivity contribution >= 4 is 17.6 Å². The zero-order valence-corrected chi connectivity index (χ0v) is 15.4. The fourth-order valence-electron chi connectivity index (χ4n) is 3.09. The summed E-state index contributed by atoms with van der Waals surface area (Å²) in [6.45, 7) is 4.89. The van der Waals surface area contributed by atoms with E-state index in [1.54, 1.807) is 44.2 Å². The van der Waals surface area contributed by atoms with Crippen LogP contribution in [0.15, 0.2) is 30.3 Å². The summed E-state index contributed by atoms with van der Waals surface area (Å²) in [5, 5.41) is 27.5. The van der Waals surface area contributed by atoms with Crippen molar-refractivity contribution in [3.8, 4) is 0 Å². The van der Waals surface area contributed by atoms with E-state index in [1.165, 1.54) is 11.6 Å². The quantitative estimate of drug-likeness (QED) is 0.539. The van der Waals surface area contributed by atoms with Crippen molar-refractivity contribution in [2.45, 2.75) is 45.7 Å². The van der Waals surface area contributed by atoms with Gasteiger partial charge in [0.25, 0.3) is 0 Å². The monoisotopic (exact) mass is 374 g/mol. The third-order valence-electron chi connectivity index (χ3n) is 4.59. The Morgan fingerprint density at radius 3 is 2.41 bits per heavy atom. The molecule has 2 rings (SSSR count). The highest BCUT2D eigenvalue weighted by atomic mass is 16.6. The molecule has 0 bridgehead atoms. The van der Waals surface area contributed by atoms with Gasteiger partial charge in [0.05, 0.1) is 11.5 Å². The molecule has 9 heteroatoms. The predicted molar refractivity (Wildman–Crippen MR) is 97.2 cm³/mol. The van der Waals surface area contributed by atoms with Gasteiger partial charge in [0.1, 0.15) is 11.4 Å². The van der Waals surface area contributed by atoms with Crippen LogP contribution in [0.4, 0.5) is 5.69 Å². The first-order valence-corrected chi connectivity index (χ1v) is 8.51. The van der Waals surface area contributed by atoms with Crippen LogP contribution >= 0.6 is 0 Å². The number of aliphatic carboxylic acids is 1. The van der Waals surface area contributed by atoms with E-state index in [2.05, 4.69) is 10.4 Å². The lowest BCUT2D eigenvalue weighted by Crippen LogP contribution is -2.51. The molecule has 0 aliphatic rings.